The minimum absolute atomic E-state index is 0.0193. The van der Waals surface area contributed by atoms with E-state index in [2.05, 4.69) is 26.5 Å². The van der Waals surface area contributed by atoms with Crippen molar-refractivity contribution in [1.29, 1.82) is 0 Å². The largest absolute Gasteiger partial charge is 0.499 e. The lowest BCUT2D eigenvalue weighted by molar-refractivity contribution is -0.360. The Morgan fingerprint density at radius 2 is 1.82 bits per heavy atom. The zero-order valence-electron chi connectivity index (χ0n) is 21.3. The maximum absolute atomic E-state index is 13.4. The number of fused-ring (bicyclic) bond motifs is 1. The number of urea groups is 1. The first kappa shape index (κ1) is 29.2. The van der Waals surface area contributed by atoms with Gasteiger partial charge in [0.1, 0.15) is 17.0 Å². The molecule has 2 heterocycles. The number of hydrazone groups is 1. The number of nitrogens with zero attached hydrogens (tertiary/aromatic N) is 5. The number of alkyl halides is 5. The van der Waals surface area contributed by atoms with Gasteiger partial charge in [0.2, 0.25) is 5.89 Å². The molecule has 2 aromatic heterocycles. The van der Waals surface area contributed by atoms with Crippen LogP contribution < -0.4 is 9.75 Å². The van der Waals surface area contributed by atoms with Crippen LogP contribution in [0.5, 0.6) is 5.75 Å². The van der Waals surface area contributed by atoms with E-state index in [0.29, 0.717) is 0 Å². The second-order valence-electron chi connectivity index (χ2n) is 8.97. The fourth-order valence-electron chi connectivity index (χ4n) is 4.22. The molecule has 0 unspecified atom stereocenters. The molecule has 1 aliphatic rings. The summed E-state index contributed by atoms with van der Waals surface area (Å²) in [7, 11) is -2.33. The van der Waals surface area contributed by atoms with Gasteiger partial charge in [0.25, 0.3) is 0 Å². The number of carbonyl (C=O) groups is 1. The molecule has 10 nitrogen and oxygen atoms in total. The minimum Gasteiger partial charge on any atom is -0.435 e. The average Bonchev–Trinajstić information content (AvgIpc) is 3.58. The maximum atomic E-state index is 13.4. The summed E-state index contributed by atoms with van der Waals surface area (Å²) in [5, 5.41) is 4.64. The van der Waals surface area contributed by atoms with Gasteiger partial charge in [-0.05, 0) is 37.1 Å². The molecule has 40 heavy (non-hydrogen) atoms. The van der Waals surface area contributed by atoms with Crippen molar-refractivity contribution in [2.75, 3.05) is 17.8 Å². The Kier molecular flexibility index (Phi) is 7.75. The van der Waals surface area contributed by atoms with Crippen LogP contribution in [0.15, 0.2) is 44.7 Å². The van der Waals surface area contributed by atoms with E-state index in [0.717, 1.165) is 48.9 Å². The molecule has 1 aliphatic carbocycles. The first-order valence-electron chi connectivity index (χ1n) is 12.0. The normalized spacial score (nSPS) is 14.9. The molecule has 1 aromatic carbocycles. The Bertz CT molecular complexity index is 1540. The summed E-state index contributed by atoms with van der Waals surface area (Å²) in [5.41, 5.74) is -0.627. The smallest absolute Gasteiger partial charge is 0.435 e. The van der Waals surface area contributed by atoms with Crippen LogP contribution in [0, 0.1) is 0 Å². The molecule has 4 rings (SSSR count). The highest BCUT2D eigenvalue weighted by Gasteiger charge is 2.61. The number of halogens is 5. The zero-order valence-corrected chi connectivity index (χ0v) is 22.1. The lowest BCUT2D eigenvalue weighted by Crippen LogP contribution is -2.43. The SMILES string of the molecule is C=NN(C(=O)N(C)C1CCCC1)c1ccc(S(=O)(=O)CC)c(-c2nc3cc(OC(F)(F)C(F)(F)F)ccc3o2)n1. The van der Waals surface area contributed by atoms with E-state index in [1.54, 1.807) is 7.05 Å². The third-order valence-corrected chi connectivity index (χ3v) is 8.17. The number of rotatable bonds is 8. The molecule has 0 atom stereocenters. The molecular weight excluding hydrogens is 565 g/mol. The summed E-state index contributed by atoms with van der Waals surface area (Å²) in [6.07, 6.45) is -7.88. The van der Waals surface area contributed by atoms with Crippen LogP contribution in [0.4, 0.5) is 32.6 Å². The zero-order chi connectivity index (χ0) is 29.5. The molecule has 0 bridgehead atoms. The van der Waals surface area contributed by atoms with Crippen LogP contribution in [0.1, 0.15) is 32.6 Å². The maximum Gasteiger partial charge on any atom is 0.499 e. The number of anilines is 1. The number of amides is 2. The molecule has 16 heteroatoms. The molecule has 0 aliphatic heterocycles. The van der Waals surface area contributed by atoms with Crippen molar-refractivity contribution >= 4 is 39.5 Å². The van der Waals surface area contributed by atoms with Gasteiger partial charge in [0.15, 0.2) is 21.2 Å². The molecule has 3 aromatic rings. The van der Waals surface area contributed by atoms with E-state index in [1.807, 2.05) is 0 Å². The number of pyridine rings is 1. The number of oxazole rings is 1. The van der Waals surface area contributed by atoms with Gasteiger partial charge in [-0.1, -0.05) is 19.8 Å². The summed E-state index contributed by atoms with van der Waals surface area (Å²) in [5.74, 6) is -1.70. The van der Waals surface area contributed by atoms with Crippen molar-refractivity contribution in [2.24, 2.45) is 5.10 Å². The van der Waals surface area contributed by atoms with Crippen LogP contribution >= 0.6 is 0 Å². The minimum atomic E-state index is -5.96. The number of hydrogen-bond donors (Lipinski definition) is 0. The van der Waals surface area contributed by atoms with Crippen molar-refractivity contribution in [2.45, 2.75) is 55.8 Å². The molecule has 1 fully saturated rings. The Balaban J connectivity index is 1.77. The summed E-state index contributed by atoms with van der Waals surface area (Å²) in [6.45, 7) is 4.81. The highest BCUT2D eigenvalue weighted by atomic mass is 32.2. The van der Waals surface area contributed by atoms with Crippen molar-refractivity contribution in [1.82, 2.24) is 14.9 Å². The molecule has 1 saturated carbocycles. The van der Waals surface area contributed by atoms with Gasteiger partial charge in [-0.3, -0.25) is 0 Å². The lowest BCUT2D eigenvalue weighted by atomic mass is 10.2. The van der Waals surface area contributed by atoms with Crippen molar-refractivity contribution in [3.8, 4) is 17.3 Å². The van der Waals surface area contributed by atoms with Crippen LogP contribution in [-0.2, 0) is 9.84 Å². The topological polar surface area (TPSA) is 118 Å². The number of benzene rings is 1. The van der Waals surface area contributed by atoms with Gasteiger partial charge >= 0.3 is 18.3 Å². The fourth-order valence-corrected chi connectivity index (χ4v) is 5.23. The van der Waals surface area contributed by atoms with E-state index in [4.69, 9.17) is 4.42 Å². The highest BCUT2D eigenvalue weighted by molar-refractivity contribution is 7.91. The quantitative estimate of drug-likeness (QED) is 0.190. The Hall–Kier alpha value is -3.82. The summed E-state index contributed by atoms with van der Waals surface area (Å²) in [6, 6.07) is 4.48. The number of hydrogen-bond acceptors (Lipinski definition) is 8. The summed E-state index contributed by atoms with van der Waals surface area (Å²) >= 11 is 0. The molecule has 0 radical (unpaired) electrons. The molecule has 216 valence electrons. The van der Waals surface area contributed by atoms with Gasteiger partial charge in [-0.2, -0.15) is 32.1 Å². The molecule has 2 amide bonds. The molecule has 0 saturated heterocycles. The summed E-state index contributed by atoms with van der Waals surface area (Å²) < 4.78 is 99.5. The average molecular weight is 590 g/mol. The van der Waals surface area contributed by atoms with Crippen LogP contribution in [0.2, 0.25) is 0 Å². The Labute approximate surface area is 225 Å². The van der Waals surface area contributed by atoms with Gasteiger partial charge in [0, 0.05) is 25.9 Å². The number of aromatic nitrogens is 2. The highest BCUT2D eigenvalue weighted by Crippen LogP contribution is 2.38. The fraction of sp³-hybridized carbons (Fsp3) is 0.417. The predicted octanol–water partition coefficient (Wildman–Crippen LogP) is 5.63. The van der Waals surface area contributed by atoms with Gasteiger partial charge in [0.05, 0.1) is 10.6 Å². The van der Waals surface area contributed by atoms with E-state index in [-0.39, 0.29) is 39.3 Å². The van der Waals surface area contributed by atoms with Gasteiger partial charge in [-0.15, -0.1) is 0 Å². The van der Waals surface area contributed by atoms with E-state index in [9.17, 15) is 35.2 Å². The van der Waals surface area contributed by atoms with Crippen LogP contribution in [-0.4, -0.2) is 67.2 Å². The van der Waals surface area contributed by atoms with Crippen LogP contribution in [0.25, 0.3) is 22.7 Å². The number of ether oxygens (including phenoxy) is 1. The number of sulfone groups is 1. The lowest BCUT2D eigenvalue weighted by Gasteiger charge is -2.28. The second-order valence-corrected chi connectivity index (χ2v) is 11.2. The second kappa shape index (κ2) is 10.6. The van der Waals surface area contributed by atoms with Crippen molar-refractivity contribution < 1.29 is 44.3 Å². The molecule has 0 N–H and O–H groups in total. The van der Waals surface area contributed by atoms with E-state index in [1.165, 1.54) is 24.0 Å². The summed E-state index contributed by atoms with van der Waals surface area (Å²) in [4.78, 5) is 22.7. The third kappa shape index (κ3) is 5.57. The molecular formula is C24H24F5N5O5S. The van der Waals surface area contributed by atoms with Gasteiger partial charge < -0.3 is 14.1 Å². The third-order valence-electron chi connectivity index (χ3n) is 6.41. The van der Waals surface area contributed by atoms with E-state index >= 15 is 0 Å². The van der Waals surface area contributed by atoms with Gasteiger partial charge in [-0.25, -0.2) is 23.2 Å². The van der Waals surface area contributed by atoms with Crippen molar-refractivity contribution in [3.63, 3.8) is 0 Å². The van der Waals surface area contributed by atoms with Crippen molar-refractivity contribution in [3.05, 3.63) is 30.3 Å². The Morgan fingerprint density at radius 1 is 1.15 bits per heavy atom. The first-order valence-corrected chi connectivity index (χ1v) is 13.7. The van der Waals surface area contributed by atoms with E-state index < -0.39 is 39.8 Å². The first-order chi connectivity index (χ1) is 18.7. The predicted molar refractivity (Wildman–Crippen MR) is 134 cm³/mol. The standard InChI is InChI=1S/C24H24F5N5O5S/c1-4-40(36,37)18-11-12-19(34(30-2)22(35)33(3)14-7-5-6-8-14)32-20(18)21-31-16-13-15(9-10-17(16)38-21)39-24(28,29)23(25,26)27/h9-14H,2,4-8H2,1,3H3. The molecule has 0 spiro atoms. The van der Waals surface area contributed by atoms with Crippen LogP contribution in [0.3, 0.4) is 0 Å². The number of carbonyl (C=O) groups excluding carboxylic acids is 1. The monoisotopic (exact) mass is 589 g/mol. The Morgan fingerprint density at radius 3 is 2.42 bits per heavy atom.